The molecule has 2 aromatic rings. The first-order valence-electron chi connectivity index (χ1n) is 8.28. The van der Waals surface area contributed by atoms with E-state index in [1.807, 2.05) is 4.98 Å². The van der Waals surface area contributed by atoms with Crippen LogP contribution in [0.25, 0.3) is 11.2 Å². The van der Waals surface area contributed by atoms with E-state index in [9.17, 15) is 34.5 Å². The van der Waals surface area contributed by atoms with Gasteiger partial charge in [-0.25, -0.2) is 9.78 Å². The van der Waals surface area contributed by atoms with E-state index in [1.165, 1.54) is 0 Å². The maximum atomic E-state index is 12.7. The average Bonchev–Trinajstić information content (AvgIpc) is 2.63. The highest BCUT2D eigenvalue weighted by Gasteiger charge is 2.26. The van der Waals surface area contributed by atoms with Gasteiger partial charge in [0.25, 0.3) is 11.1 Å². The largest absolute Gasteiger partial charge is 0.481 e. The monoisotopic (exact) mass is 400 g/mol. The summed E-state index contributed by atoms with van der Waals surface area (Å²) >= 11 is 0. The molecular formula is C15H20N4O9. The first kappa shape index (κ1) is 21.4. The molecule has 3 atom stereocenters. The number of aliphatic hydroxyl groups is 4. The van der Waals surface area contributed by atoms with Crippen molar-refractivity contribution >= 4 is 17.1 Å². The van der Waals surface area contributed by atoms with E-state index in [0.717, 1.165) is 4.57 Å². The lowest BCUT2D eigenvalue weighted by Crippen LogP contribution is -2.44. The number of carboxylic acid groups (broad SMARTS) is 1. The topological polar surface area (TPSA) is 219 Å². The maximum absolute atomic E-state index is 12.7. The van der Waals surface area contributed by atoms with Gasteiger partial charge >= 0.3 is 11.7 Å². The summed E-state index contributed by atoms with van der Waals surface area (Å²) in [5.41, 5.74) is -3.46. The van der Waals surface area contributed by atoms with Gasteiger partial charge in [-0.15, -0.1) is 0 Å². The molecule has 0 aliphatic heterocycles. The van der Waals surface area contributed by atoms with Crippen LogP contribution in [0.1, 0.15) is 18.5 Å². The van der Waals surface area contributed by atoms with E-state index in [1.54, 1.807) is 0 Å². The van der Waals surface area contributed by atoms with Gasteiger partial charge < -0.3 is 25.5 Å². The number of carboxylic acids is 1. The molecule has 13 nitrogen and oxygen atoms in total. The van der Waals surface area contributed by atoms with Gasteiger partial charge in [0, 0.05) is 6.42 Å². The van der Waals surface area contributed by atoms with Gasteiger partial charge in [-0.1, -0.05) is 0 Å². The van der Waals surface area contributed by atoms with E-state index in [2.05, 4.69) is 9.97 Å². The van der Waals surface area contributed by atoms with Crippen LogP contribution in [0.2, 0.25) is 0 Å². The van der Waals surface area contributed by atoms with Crippen LogP contribution in [-0.2, 0) is 17.8 Å². The summed E-state index contributed by atoms with van der Waals surface area (Å²) in [6, 6.07) is 0. The number of aliphatic carboxylic acids is 1. The van der Waals surface area contributed by atoms with E-state index >= 15 is 0 Å². The average molecular weight is 400 g/mol. The number of hydrogen-bond acceptors (Lipinski definition) is 9. The number of carbonyl (C=O) groups is 1. The number of H-pyrrole nitrogens is 2. The van der Waals surface area contributed by atoms with Crippen LogP contribution in [0.15, 0.2) is 14.4 Å². The van der Waals surface area contributed by atoms with Crippen molar-refractivity contribution in [3.05, 3.63) is 36.9 Å². The zero-order chi connectivity index (χ0) is 21.0. The Kier molecular flexibility index (Phi) is 6.80. The van der Waals surface area contributed by atoms with E-state index in [4.69, 9.17) is 10.2 Å². The number of nitrogens with zero attached hydrogens (tertiary/aromatic N) is 2. The fourth-order valence-electron chi connectivity index (χ4n) is 2.61. The van der Waals surface area contributed by atoms with Crippen molar-refractivity contribution in [3.8, 4) is 0 Å². The molecule has 0 amide bonds. The molecule has 0 spiro atoms. The zero-order valence-corrected chi connectivity index (χ0v) is 14.5. The minimum absolute atomic E-state index is 0.0543. The molecule has 13 heteroatoms. The van der Waals surface area contributed by atoms with Crippen LogP contribution >= 0.6 is 0 Å². The molecule has 2 heterocycles. The van der Waals surface area contributed by atoms with Gasteiger partial charge in [0.05, 0.1) is 13.2 Å². The number of nitrogens with one attached hydrogen (secondary N) is 2. The molecule has 0 saturated carbocycles. The minimum atomic E-state index is -1.82. The third kappa shape index (κ3) is 4.69. The minimum Gasteiger partial charge on any atom is -0.481 e. The molecule has 154 valence electrons. The summed E-state index contributed by atoms with van der Waals surface area (Å²) in [6.45, 7) is -1.48. The molecule has 2 aromatic heterocycles. The summed E-state index contributed by atoms with van der Waals surface area (Å²) in [5.74, 6) is -1.08. The van der Waals surface area contributed by atoms with Crippen molar-refractivity contribution in [1.29, 1.82) is 0 Å². The molecule has 0 radical (unpaired) electrons. The lowest BCUT2D eigenvalue weighted by atomic mass is 10.1. The number of aromatic nitrogens is 4. The molecule has 0 aromatic carbocycles. The third-order valence-corrected chi connectivity index (χ3v) is 4.06. The van der Waals surface area contributed by atoms with Gasteiger partial charge in [0.1, 0.15) is 29.7 Å². The number of aryl methyl sites for hydroxylation is 1. The zero-order valence-electron chi connectivity index (χ0n) is 14.5. The second-order valence-corrected chi connectivity index (χ2v) is 6.13. The number of fused-ring (bicyclic) bond motifs is 1. The Morgan fingerprint density at radius 2 is 1.79 bits per heavy atom. The highest BCUT2D eigenvalue weighted by atomic mass is 16.4. The van der Waals surface area contributed by atoms with Crippen LogP contribution in [0.4, 0.5) is 0 Å². The first-order chi connectivity index (χ1) is 13.1. The molecule has 28 heavy (non-hydrogen) atoms. The van der Waals surface area contributed by atoms with Crippen molar-refractivity contribution in [3.63, 3.8) is 0 Å². The Morgan fingerprint density at radius 1 is 1.11 bits per heavy atom. The SMILES string of the molecule is O=C(O)CCCc1nc2c(=O)[nH]c(=O)[nH]c2n(C[C@H](O)[C@H](O)[C@H](O)CO)c1=O. The molecule has 0 unspecified atom stereocenters. The first-order valence-corrected chi connectivity index (χ1v) is 8.28. The predicted octanol–water partition coefficient (Wildman–Crippen LogP) is -3.74. The second-order valence-electron chi connectivity index (χ2n) is 6.13. The van der Waals surface area contributed by atoms with Crippen molar-refractivity contribution in [2.75, 3.05) is 6.61 Å². The summed E-state index contributed by atoms with van der Waals surface area (Å²) in [6.07, 6.45) is -5.51. The lowest BCUT2D eigenvalue weighted by molar-refractivity contribution is -0.137. The number of hydrogen-bond donors (Lipinski definition) is 7. The van der Waals surface area contributed by atoms with Gasteiger partial charge in [0.15, 0.2) is 5.52 Å². The Bertz CT molecular complexity index is 1020. The van der Waals surface area contributed by atoms with E-state index < -0.39 is 54.2 Å². The number of aromatic amines is 2. The van der Waals surface area contributed by atoms with Crippen LogP contribution in [0.5, 0.6) is 0 Å². The number of rotatable bonds is 9. The molecule has 0 saturated heterocycles. The molecule has 2 rings (SSSR count). The Labute approximate surface area is 155 Å². The second kappa shape index (κ2) is 8.88. The van der Waals surface area contributed by atoms with E-state index in [0.29, 0.717) is 0 Å². The molecular weight excluding hydrogens is 380 g/mol. The molecule has 0 fully saturated rings. The van der Waals surface area contributed by atoms with Crippen LogP contribution < -0.4 is 16.8 Å². The Balaban J connectivity index is 2.55. The van der Waals surface area contributed by atoms with Gasteiger partial charge in [-0.3, -0.25) is 28.9 Å². The third-order valence-electron chi connectivity index (χ3n) is 4.06. The highest BCUT2D eigenvalue weighted by Crippen LogP contribution is 2.08. The van der Waals surface area contributed by atoms with Crippen molar-refractivity contribution in [2.45, 2.75) is 44.1 Å². The standard InChI is InChI=1S/C15H20N4O9/c20-5-8(22)11(25)7(21)4-19-12-10(13(26)18-15(28)17-12)16-6(14(19)27)2-1-3-9(23)24/h7-8,11,20-22,25H,1-5H2,(H,23,24)(H2,17,18,26,28)/t7-,8+,11-/m0/s1. The Morgan fingerprint density at radius 3 is 2.39 bits per heavy atom. The van der Waals surface area contributed by atoms with Crippen LogP contribution in [-0.4, -0.2) is 75.9 Å². The predicted molar refractivity (Wildman–Crippen MR) is 92.9 cm³/mol. The van der Waals surface area contributed by atoms with Gasteiger partial charge in [0.2, 0.25) is 0 Å². The molecule has 0 aliphatic carbocycles. The van der Waals surface area contributed by atoms with Crippen molar-refractivity contribution in [1.82, 2.24) is 19.5 Å². The van der Waals surface area contributed by atoms with Gasteiger partial charge in [-0.05, 0) is 12.8 Å². The van der Waals surface area contributed by atoms with Crippen molar-refractivity contribution < 1.29 is 30.3 Å². The maximum Gasteiger partial charge on any atom is 0.327 e. The quantitative estimate of drug-likeness (QED) is 0.218. The molecule has 0 aliphatic rings. The van der Waals surface area contributed by atoms with Gasteiger partial charge in [-0.2, -0.15) is 0 Å². The fraction of sp³-hybridized carbons (Fsp3) is 0.533. The normalized spacial score (nSPS) is 14.7. The van der Waals surface area contributed by atoms with Crippen molar-refractivity contribution in [2.24, 2.45) is 0 Å². The number of aliphatic hydroxyl groups excluding tert-OH is 4. The summed E-state index contributed by atoms with van der Waals surface area (Å²) in [5, 5.41) is 46.9. The van der Waals surface area contributed by atoms with Crippen LogP contribution in [0, 0.1) is 0 Å². The highest BCUT2D eigenvalue weighted by molar-refractivity contribution is 5.68. The summed E-state index contributed by atoms with van der Waals surface area (Å²) in [7, 11) is 0. The van der Waals surface area contributed by atoms with Crippen LogP contribution in [0.3, 0.4) is 0 Å². The fourth-order valence-corrected chi connectivity index (χ4v) is 2.61. The summed E-state index contributed by atoms with van der Waals surface area (Å²) < 4.78 is 0.799. The molecule has 7 N–H and O–H groups in total. The lowest BCUT2D eigenvalue weighted by Gasteiger charge is -2.22. The molecule has 0 bridgehead atoms. The smallest absolute Gasteiger partial charge is 0.327 e. The summed E-state index contributed by atoms with van der Waals surface area (Å²) in [4.78, 5) is 55.0. The van der Waals surface area contributed by atoms with E-state index in [-0.39, 0.29) is 36.1 Å². The Hall–Kier alpha value is -2.87.